The quantitative estimate of drug-likeness (QED) is 0.250. The summed E-state index contributed by atoms with van der Waals surface area (Å²) in [6.45, 7) is 2.98. The Morgan fingerprint density at radius 2 is 1.75 bits per heavy atom. The van der Waals surface area contributed by atoms with Crippen LogP contribution >= 0.6 is 0 Å². The highest BCUT2D eigenvalue weighted by Crippen LogP contribution is 2.26. The normalized spacial score (nSPS) is 17.1. The number of carbonyl (C=O) groups excluding carboxylic acids is 1. The van der Waals surface area contributed by atoms with Gasteiger partial charge in [-0.25, -0.2) is 4.98 Å². The minimum Gasteiger partial charge on any atom is -0.494 e. The standard InChI is InChI=1S/C30H41N7O3/c1-19-20(18-34-28-26(19)27(31)36-30(32)37-28)17-33-21-11-13-23(14-12-21)39-16-15-25(35-22-7-3-2-4-8-22)29(38)40-24-9-5-6-10-24/h11-14,18,22,24-25,33,35H,2-10,15-17H2,1H3,(H4,31,32,34,36,37)/t25-/m0/s1. The van der Waals surface area contributed by atoms with Gasteiger partial charge in [-0.2, -0.15) is 9.97 Å². The minimum atomic E-state index is -0.334. The molecule has 1 aromatic carbocycles. The van der Waals surface area contributed by atoms with Crippen molar-refractivity contribution in [2.45, 2.75) is 95.9 Å². The maximum Gasteiger partial charge on any atom is 0.323 e. The number of ether oxygens (including phenoxy) is 2. The lowest BCUT2D eigenvalue weighted by molar-refractivity contribution is -0.152. The predicted molar refractivity (Wildman–Crippen MR) is 157 cm³/mol. The number of esters is 1. The molecule has 214 valence electrons. The molecule has 2 fully saturated rings. The number of hydrogen-bond acceptors (Lipinski definition) is 10. The van der Waals surface area contributed by atoms with Crippen molar-refractivity contribution in [1.29, 1.82) is 0 Å². The molecule has 0 saturated heterocycles. The Bertz CT molecular complexity index is 1290. The molecule has 10 nitrogen and oxygen atoms in total. The van der Waals surface area contributed by atoms with Gasteiger partial charge in [0.1, 0.15) is 23.7 Å². The SMILES string of the molecule is Cc1c(CNc2ccc(OCC[C@H](NC3CCCCC3)C(=O)OC3CCCC3)cc2)cnc2nc(N)nc(N)c12. The molecular weight excluding hydrogens is 506 g/mol. The molecule has 1 atom stereocenters. The van der Waals surface area contributed by atoms with Crippen LogP contribution in [-0.2, 0) is 16.1 Å². The third kappa shape index (κ3) is 7.10. The number of nitrogens with one attached hydrogen (secondary N) is 2. The number of nitrogens with zero attached hydrogens (tertiary/aromatic N) is 3. The highest BCUT2D eigenvalue weighted by Gasteiger charge is 2.28. The molecule has 0 spiro atoms. The zero-order valence-corrected chi connectivity index (χ0v) is 23.3. The van der Waals surface area contributed by atoms with Crippen molar-refractivity contribution >= 4 is 34.5 Å². The molecule has 2 heterocycles. The number of benzene rings is 1. The second kappa shape index (κ2) is 13.1. The van der Waals surface area contributed by atoms with E-state index in [1.54, 1.807) is 6.20 Å². The maximum absolute atomic E-state index is 13.0. The Hall–Kier alpha value is -3.66. The van der Waals surface area contributed by atoms with Gasteiger partial charge in [0.2, 0.25) is 5.95 Å². The van der Waals surface area contributed by atoms with Crippen LogP contribution in [0, 0.1) is 6.92 Å². The molecule has 0 unspecified atom stereocenters. The van der Waals surface area contributed by atoms with Gasteiger partial charge in [0.25, 0.3) is 0 Å². The largest absolute Gasteiger partial charge is 0.494 e. The summed E-state index contributed by atoms with van der Waals surface area (Å²) >= 11 is 0. The van der Waals surface area contributed by atoms with Crippen LogP contribution in [0.15, 0.2) is 30.5 Å². The summed E-state index contributed by atoms with van der Waals surface area (Å²) in [6.07, 6.45) is 12.6. The summed E-state index contributed by atoms with van der Waals surface area (Å²) in [6, 6.07) is 7.86. The summed E-state index contributed by atoms with van der Waals surface area (Å²) in [5.41, 5.74) is 15.2. The van der Waals surface area contributed by atoms with Gasteiger partial charge >= 0.3 is 5.97 Å². The lowest BCUT2D eigenvalue weighted by Gasteiger charge is -2.28. The number of aryl methyl sites for hydroxylation is 1. The molecular formula is C30H41N7O3. The van der Waals surface area contributed by atoms with Crippen LogP contribution in [0.3, 0.4) is 0 Å². The highest BCUT2D eigenvalue weighted by atomic mass is 16.5. The number of fused-ring (bicyclic) bond motifs is 1. The van der Waals surface area contributed by atoms with E-state index in [-0.39, 0.29) is 24.1 Å². The molecule has 6 N–H and O–H groups in total. The summed E-state index contributed by atoms with van der Waals surface area (Å²) in [5.74, 6) is 1.08. The van der Waals surface area contributed by atoms with E-state index >= 15 is 0 Å². The zero-order valence-electron chi connectivity index (χ0n) is 23.3. The third-order valence-electron chi connectivity index (χ3n) is 8.06. The molecule has 0 amide bonds. The molecule has 2 aliphatic carbocycles. The van der Waals surface area contributed by atoms with Crippen LogP contribution in [0.1, 0.15) is 75.3 Å². The van der Waals surface area contributed by atoms with E-state index in [1.807, 2.05) is 31.2 Å². The molecule has 0 bridgehead atoms. The average molecular weight is 548 g/mol. The molecule has 0 aliphatic heterocycles. The van der Waals surface area contributed by atoms with Crippen molar-refractivity contribution in [1.82, 2.24) is 20.3 Å². The number of hydrogen-bond donors (Lipinski definition) is 4. The van der Waals surface area contributed by atoms with Crippen molar-refractivity contribution in [3.63, 3.8) is 0 Å². The van der Waals surface area contributed by atoms with Crippen molar-refractivity contribution < 1.29 is 14.3 Å². The third-order valence-corrected chi connectivity index (χ3v) is 8.06. The number of aromatic nitrogens is 3. The van der Waals surface area contributed by atoms with Crippen molar-refractivity contribution in [3.05, 3.63) is 41.6 Å². The number of rotatable bonds is 11. The second-order valence-corrected chi connectivity index (χ2v) is 11.0. The summed E-state index contributed by atoms with van der Waals surface area (Å²) in [7, 11) is 0. The van der Waals surface area contributed by atoms with Gasteiger partial charge in [0, 0.05) is 30.9 Å². The van der Waals surface area contributed by atoms with E-state index in [0.29, 0.717) is 37.1 Å². The fraction of sp³-hybridized carbons (Fsp3) is 0.533. The smallest absolute Gasteiger partial charge is 0.323 e. The first kappa shape index (κ1) is 27.9. The molecule has 2 aromatic heterocycles. The molecule has 5 rings (SSSR count). The fourth-order valence-corrected chi connectivity index (χ4v) is 5.75. The van der Waals surface area contributed by atoms with E-state index in [9.17, 15) is 4.79 Å². The molecule has 10 heteroatoms. The van der Waals surface area contributed by atoms with Gasteiger partial charge in [-0.1, -0.05) is 19.3 Å². The van der Waals surface area contributed by atoms with E-state index in [2.05, 4.69) is 25.6 Å². The zero-order chi connectivity index (χ0) is 27.9. The number of carbonyl (C=O) groups is 1. The van der Waals surface area contributed by atoms with Crippen molar-refractivity contribution in [3.8, 4) is 5.75 Å². The fourth-order valence-electron chi connectivity index (χ4n) is 5.75. The lowest BCUT2D eigenvalue weighted by Crippen LogP contribution is -2.46. The summed E-state index contributed by atoms with van der Waals surface area (Å²) < 4.78 is 11.9. The number of nitrogen functional groups attached to an aromatic ring is 2. The van der Waals surface area contributed by atoms with Crippen LogP contribution in [0.25, 0.3) is 11.0 Å². The molecule has 40 heavy (non-hydrogen) atoms. The first-order chi connectivity index (χ1) is 19.5. The van der Waals surface area contributed by atoms with Crippen LogP contribution in [0.2, 0.25) is 0 Å². The highest BCUT2D eigenvalue weighted by molar-refractivity contribution is 5.90. The number of anilines is 3. The van der Waals surface area contributed by atoms with Crippen LogP contribution < -0.4 is 26.8 Å². The molecule has 2 saturated carbocycles. The first-order valence-corrected chi connectivity index (χ1v) is 14.6. The number of nitrogens with two attached hydrogens (primary N) is 2. The summed E-state index contributed by atoms with van der Waals surface area (Å²) in [4.78, 5) is 25.7. The van der Waals surface area contributed by atoms with Gasteiger partial charge in [-0.05, 0) is 80.8 Å². The van der Waals surface area contributed by atoms with E-state index < -0.39 is 0 Å². The average Bonchev–Trinajstić information content (AvgIpc) is 3.46. The van der Waals surface area contributed by atoms with Crippen LogP contribution in [-0.4, -0.2) is 45.7 Å². The molecule has 0 radical (unpaired) electrons. The first-order valence-electron chi connectivity index (χ1n) is 14.6. The van der Waals surface area contributed by atoms with Crippen LogP contribution in [0.5, 0.6) is 5.75 Å². The Labute approximate surface area is 235 Å². The van der Waals surface area contributed by atoms with Crippen molar-refractivity contribution in [2.75, 3.05) is 23.4 Å². The Kier molecular flexibility index (Phi) is 9.15. The summed E-state index contributed by atoms with van der Waals surface area (Å²) in [5, 5.41) is 7.73. The van der Waals surface area contributed by atoms with Gasteiger partial charge < -0.3 is 31.6 Å². The van der Waals surface area contributed by atoms with E-state index in [1.165, 1.54) is 19.3 Å². The number of pyridine rings is 1. The van der Waals surface area contributed by atoms with Crippen molar-refractivity contribution in [2.24, 2.45) is 0 Å². The Morgan fingerprint density at radius 3 is 2.50 bits per heavy atom. The van der Waals surface area contributed by atoms with E-state index in [0.717, 1.165) is 66.5 Å². The minimum absolute atomic E-state index is 0.0720. The molecule has 2 aliphatic rings. The monoisotopic (exact) mass is 547 g/mol. The predicted octanol–water partition coefficient (Wildman–Crippen LogP) is 4.66. The Morgan fingerprint density at radius 1 is 1.02 bits per heavy atom. The van der Waals surface area contributed by atoms with Gasteiger partial charge in [-0.3, -0.25) is 4.79 Å². The second-order valence-electron chi connectivity index (χ2n) is 11.0. The van der Waals surface area contributed by atoms with Gasteiger partial charge in [0.15, 0.2) is 5.65 Å². The van der Waals surface area contributed by atoms with Gasteiger partial charge in [-0.15, -0.1) is 0 Å². The maximum atomic E-state index is 13.0. The van der Waals surface area contributed by atoms with E-state index in [4.69, 9.17) is 20.9 Å². The lowest BCUT2D eigenvalue weighted by atomic mass is 9.94. The van der Waals surface area contributed by atoms with Gasteiger partial charge in [0.05, 0.1) is 12.0 Å². The molecule has 3 aromatic rings. The Balaban J connectivity index is 1.13. The van der Waals surface area contributed by atoms with Crippen LogP contribution in [0.4, 0.5) is 17.5 Å². The topological polar surface area (TPSA) is 150 Å².